The van der Waals surface area contributed by atoms with Crippen molar-refractivity contribution in [3.05, 3.63) is 50.5 Å². The molecule has 1 heterocycles. The summed E-state index contributed by atoms with van der Waals surface area (Å²) in [5, 5.41) is 7.97. The number of rotatable bonds is 4. The van der Waals surface area contributed by atoms with Crippen molar-refractivity contribution in [1.29, 1.82) is 0 Å². The summed E-state index contributed by atoms with van der Waals surface area (Å²) in [7, 11) is 1.81. The van der Waals surface area contributed by atoms with Gasteiger partial charge in [0.1, 0.15) is 5.01 Å². The summed E-state index contributed by atoms with van der Waals surface area (Å²) in [6.45, 7) is 7.06. The third-order valence-corrected chi connectivity index (χ3v) is 6.00. The Morgan fingerprint density at radius 2 is 2.00 bits per heavy atom. The molecule has 25 heavy (non-hydrogen) atoms. The van der Waals surface area contributed by atoms with Gasteiger partial charge in [0, 0.05) is 11.9 Å². The van der Waals surface area contributed by atoms with Crippen LogP contribution < -0.4 is 10.6 Å². The van der Waals surface area contributed by atoms with Crippen LogP contribution in [0.3, 0.4) is 0 Å². The number of aryl methyl sites for hydroxylation is 4. The highest BCUT2D eigenvalue weighted by Crippen LogP contribution is 2.24. The molecular formula is C20H28N4S. The van der Waals surface area contributed by atoms with E-state index in [1.807, 2.05) is 7.05 Å². The van der Waals surface area contributed by atoms with Gasteiger partial charge in [-0.05, 0) is 63.1 Å². The lowest BCUT2D eigenvalue weighted by Crippen LogP contribution is -2.38. The first-order valence-electron chi connectivity index (χ1n) is 9.08. The van der Waals surface area contributed by atoms with Gasteiger partial charge in [-0.15, -0.1) is 11.3 Å². The van der Waals surface area contributed by atoms with Crippen LogP contribution in [0, 0.1) is 13.8 Å². The van der Waals surface area contributed by atoms with Crippen LogP contribution in [0.15, 0.2) is 23.2 Å². The van der Waals surface area contributed by atoms with E-state index in [0.29, 0.717) is 6.54 Å². The molecule has 1 aromatic heterocycles. The summed E-state index contributed by atoms with van der Waals surface area (Å²) < 4.78 is 0. The first-order valence-corrected chi connectivity index (χ1v) is 9.90. The van der Waals surface area contributed by atoms with Crippen LogP contribution in [0.1, 0.15) is 58.1 Å². The number of aromatic nitrogens is 1. The molecule has 0 radical (unpaired) electrons. The Bertz CT molecular complexity index is 744. The Balaban J connectivity index is 1.61. The van der Waals surface area contributed by atoms with Gasteiger partial charge >= 0.3 is 0 Å². The normalized spacial score (nSPS) is 15.6. The number of hydrogen-bond acceptors (Lipinski definition) is 3. The second-order valence-electron chi connectivity index (χ2n) is 6.78. The highest BCUT2D eigenvalue weighted by atomic mass is 32.1. The lowest BCUT2D eigenvalue weighted by atomic mass is 9.89. The number of aliphatic imine (C=N–C) groups is 1. The molecule has 0 amide bonds. The Hall–Kier alpha value is -1.88. The number of fused-ring (bicyclic) bond motifs is 1. The van der Waals surface area contributed by atoms with Crippen molar-refractivity contribution in [2.45, 2.75) is 59.0 Å². The summed E-state index contributed by atoms with van der Waals surface area (Å²) in [5.74, 6) is 0.815. The highest BCUT2D eigenvalue weighted by Gasteiger charge is 2.13. The summed E-state index contributed by atoms with van der Waals surface area (Å²) in [6, 6.07) is 7.15. The summed E-state index contributed by atoms with van der Waals surface area (Å²) in [5.41, 5.74) is 5.49. The number of benzene rings is 1. The Morgan fingerprint density at radius 1 is 1.24 bits per heavy atom. The summed E-state index contributed by atoms with van der Waals surface area (Å²) in [4.78, 5) is 10.2. The monoisotopic (exact) mass is 356 g/mol. The van der Waals surface area contributed by atoms with Crippen molar-refractivity contribution in [2.75, 3.05) is 7.05 Å². The minimum Gasteiger partial charge on any atom is -0.350 e. The van der Waals surface area contributed by atoms with Gasteiger partial charge in [0.25, 0.3) is 0 Å². The van der Waals surface area contributed by atoms with Gasteiger partial charge in [-0.2, -0.15) is 0 Å². The molecule has 0 aliphatic heterocycles. The SMILES string of the molecule is CN=C(NCc1nc(C)c(C)s1)NC(C)c1ccc2c(c1)CCCC2. The molecule has 4 nitrogen and oxygen atoms in total. The molecule has 5 heteroatoms. The molecule has 1 atom stereocenters. The number of hydrogen-bond donors (Lipinski definition) is 2. The standard InChI is InChI=1S/C20H28N4S/c1-13-15(3)25-19(23-13)12-22-20(21-4)24-14(2)17-10-9-16-7-5-6-8-18(16)11-17/h9-11,14H,5-8,12H2,1-4H3,(H2,21,22,24). The van der Waals surface area contributed by atoms with Crippen LogP contribution in [0.2, 0.25) is 0 Å². The zero-order valence-electron chi connectivity index (χ0n) is 15.6. The number of nitrogens with zero attached hydrogens (tertiary/aromatic N) is 2. The molecule has 1 aliphatic rings. The first kappa shape index (κ1) is 17.9. The maximum atomic E-state index is 4.58. The Kier molecular flexibility index (Phi) is 5.74. The third kappa shape index (κ3) is 4.40. The fourth-order valence-corrected chi connectivity index (χ4v) is 4.15. The molecule has 2 N–H and O–H groups in total. The van der Waals surface area contributed by atoms with Crippen molar-refractivity contribution in [2.24, 2.45) is 4.99 Å². The van der Waals surface area contributed by atoms with Crippen LogP contribution >= 0.6 is 11.3 Å². The van der Waals surface area contributed by atoms with E-state index in [1.165, 1.54) is 47.3 Å². The van der Waals surface area contributed by atoms with Crippen LogP contribution in [-0.2, 0) is 19.4 Å². The predicted molar refractivity (Wildman–Crippen MR) is 106 cm³/mol. The molecule has 0 bridgehead atoms. The summed E-state index contributed by atoms with van der Waals surface area (Å²) in [6.07, 6.45) is 5.08. The second-order valence-corrected chi connectivity index (χ2v) is 8.06. The maximum absolute atomic E-state index is 4.58. The van der Waals surface area contributed by atoms with E-state index < -0.39 is 0 Å². The van der Waals surface area contributed by atoms with Crippen LogP contribution in [0.4, 0.5) is 0 Å². The van der Waals surface area contributed by atoms with Crippen molar-refractivity contribution < 1.29 is 0 Å². The number of guanidine groups is 1. The molecule has 2 aromatic rings. The lowest BCUT2D eigenvalue weighted by Gasteiger charge is -2.21. The zero-order chi connectivity index (χ0) is 17.8. The van der Waals surface area contributed by atoms with Gasteiger partial charge in [-0.25, -0.2) is 4.98 Å². The predicted octanol–water partition coefficient (Wildman–Crippen LogP) is 4.06. The van der Waals surface area contributed by atoms with Gasteiger partial charge in [-0.1, -0.05) is 18.2 Å². The maximum Gasteiger partial charge on any atom is 0.191 e. The molecule has 1 aromatic carbocycles. The average Bonchev–Trinajstić information content (AvgIpc) is 2.95. The Morgan fingerprint density at radius 3 is 2.68 bits per heavy atom. The molecule has 1 unspecified atom stereocenters. The zero-order valence-corrected chi connectivity index (χ0v) is 16.5. The van der Waals surface area contributed by atoms with Gasteiger partial charge in [0.15, 0.2) is 5.96 Å². The van der Waals surface area contributed by atoms with Crippen molar-refractivity contribution in [3.63, 3.8) is 0 Å². The van der Waals surface area contributed by atoms with E-state index in [1.54, 1.807) is 11.3 Å². The smallest absolute Gasteiger partial charge is 0.191 e. The molecule has 0 saturated carbocycles. The van der Waals surface area contributed by atoms with E-state index in [-0.39, 0.29) is 6.04 Å². The molecule has 0 fully saturated rings. The highest BCUT2D eigenvalue weighted by molar-refractivity contribution is 7.11. The minimum absolute atomic E-state index is 0.221. The van der Waals surface area contributed by atoms with Gasteiger partial charge < -0.3 is 10.6 Å². The van der Waals surface area contributed by atoms with E-state index >= 15 is 0 Å². The van der Waals surface area contributed by atoms with Crippen LogP contribution in [0.25, 0.3) is 0 Å². The fraction of sp³-hybridized carbons (Fsp3) is 0.500. The first-order chi connectivity index (χ1) is 12.1. The molecular weight excluding hydrogens is 328 g/mol. The third-order valence-electron chi connectivity index (χ3n) is 4.93. The van der Waals surface area contributed by atoms with E-state index in [4.69, 9.17) is 0 Å². The molecule has 0 saturated heterocycles. The van der Waals surface area contributed by atoms with E-state index in [0.717, 1.165) is 16.7 Å². The lowest BCUT2D eigenvalue weighted by molar-refractivity contribution is 0.665. The minimum atomic E-state index is 0.221. The average molecular weight is 357 g/mol. The number of nitrogens with one attached hydrogen (secondary N) is 2. The van der Waals surface area contributed by atoms with E-state index in [2.05, 4.69) is 59.6 Å². The summed E-state index contributed by atoms with van der Waals surface area (Å²) >= 11 is 1.74. The number of thiazole rings is 1. The molecule has 1 aliphatic carbocycles. The van der Waals surface area contributed by atoms with Crippen molar-refractivity contribution in [1.82, 2.24) is 15.6 Å². The largest absolute Gasteiger partial charge is 0.350 e. The van der Waals surface area contributed by atoms with Crippen molar-refractivity contribution in [3.8, 4) is 0 Å². The van der Waals surface area contributed by atoms with Gasteiger partial charge in [0.05, 0.1) is 18.3 Å². The quantitative estimate of drug-likeness (QED) is 0.641. The topological polar surface area (TPSA) is 49.3 Å². The van der Waals surface area contributed by atoms with Crippen LogP contribution in [-0.4, -0.2) is 18.0 Å². The Labute approximate surface area is 154 Å². The molecule has 134 valence electrons. The van der Waals surface area contributed by atoms with Gasteiger partial charge in [0.2, 0.25) is 0 Å². The second kappa shape index (κ2) is 8.00. The molecule has 3 rings (SSSR count). The fourth-order valence-electron chi connectivity index (χ4n) is 3.28. The van der Waals surface area contributed by atoms with E-state index in [9.17, 15) is 0 Å². The van der Waals surface area contributed by atoms with Gasteiger partial charge in [-0.3, -0.25) is 4.99 Å². The van der Waals surface area contributed by atoms with Crippen LogP contribution in [0.5, 0.6) is 0 Å². The van der Waals surface area contributed by atoms with Crippen molar-refractivity contribution >= 4 is 17.3 Å². The molecule has 0 spiro atoms.